The van der Waals surface area contributed by atoms with Crippen LogP contribution < -0.4 is 5.73 Å². The molecule has 1 aliphatic carbocycles. The molecule has 0 aliphatic heterocycles. The molecular formula is C16H19NS. The molecule has 2 N–H and O–H groups in total. The second kappa shape index (κ2) is 4.87. The van der Waals surface area contributed by atoms with E-state index in [0.717, 1.165) is 6.42 Å². The van der Waals surface area contributed by atoms with Gasteiger partial charge in [-0.2, -0.15) is 0 Å². The average molecular weight is 257 g/mol. The maximum Gasteiger partial charge on any atom is 0.0185 e. The molecule has 1 unspecified atom stereocenters. The molecule has 1 heterocycles. The minimum absolute atomic E-state index is 0.227. The molecule has 1 atom stereocenters. The van der Waals surface area contributed by atoms with E-state index < -0.39 is 0 Å². The van der Waals surface area contributed by atoms with Gasteiger partial charge in [0.15, 0.2) is 0 Å². The molecule has 1 saturated carbocycles. The van der Waals surface area contributed by atoms with Crippen molar-refractivity contribution in [3.8, 4) is 0 Å². The van der Waals surface area contributed by atoms with E-state index >= 15 is 0 Å². The van der Waals surface area contributed by atoms with Gasteiger partial charge in [0.2, 0.25) is 0 Å². The van der Waals surface area contributed by atoms with Gasteiger partial charge >= 0.3 is 0 Å². The fraction of sp³-hybridized carbons (Fsp3) is 0.375. The standard InChI is InChI=1S/C16H19NS/c17-15(12-14-8-4-11-18-14)16(9-5-10-16)13-6-2-1-3-7-13/h1-4,6-8,11,15H,5,9-10,12,17H2. The van der Waals surface area contributed by atoms with Crippen LogP contribution in [0.2, 0.25) is 0 Å². The van der Waals surface area contributed by atoms with Crippen LogP contribution in [0.3, 0.4) is 0 Å². The van der Waals surface area contributed by atoms with E-state index in [0.29, 0.717) is 0 Å². The van der Waals surface area contributed by atoms with Crippen molar-refractivity contribution in [3.63, 3.8) is 0 Å². The van der Waals surface area contributed by atoms with Gasteiger partial charge in [-0.25, -0.2) is 0 Å². The van der Waals surface area contributed by atoms with E-state index in [1.165, 1.54) is 29.7 Å². The van der Waals surface area contributed by atoms with Crippen molar-refractivity contribution in [2.75, 3.05) is 0 Å². The summed E-state index contributed by atoms with van der Waals surface area (Å²) in [5, 5.41) is 2.14. The third kappa shape index (κ3) is 2.00. The summed E-state index contributed by atoms with van der Waals surface area (Å²) in [6, 6.07) is 15.4. The first-order chi connectivity index (χ1) is 8.81. The summed E-state index contributed by atoms with van der Waals surface area (Å²) < 4.78 is 0. The topological polar surface area (TPSA) is 26.0 Å². The first-order valence-electron chi connectivity index (χ1n) is 6.65. The van der Waals surface area contributed by atoms with E-state index in [4.69, 9.17) is 5.73 Å². The number of hydrogen-bond acceptors (Lipinski definition) is 2. The lowest BCUT2D eigenvalue weighted by Crippen LogP contribution is -2.51. The Labute approximate surface area is 113 Å². The summed E-state index contributed by atoms with van der Waals surface area (Å²) in [6.07, 6.45) is 4.80. The third-order valence-electron chi connectivity index (χ3n) is 4.31. The van der Waals surface area contributed by atoms with Crippen LogP contribution in [0.25, 0.3) is 0 Å². The summed E-state index contributed by atoms with van der Waals surface area (Å²) in [7, 11) is 0. The molecule has 1 aromatic heterocycles. The van der Waals surface area contributed by atoms with E-state index in [-0.39, 0.29) is 11.5 Å². The Balaban J connectivity index is 1.83. The molecule has 0 bridgehead atoms. The number of rotatable bonds is 4. The Bertz CT molecular complexity index is 485. The van der Waals surface area contributed by atoms with Crippen LogP contribution in [-0.4, -0.2) is 6.04 Å². The first-order valence-corrected chi connectivity index (χ1v) is 7.53. The van der Waals surface area contributed by atoms with Gasteiger partial charge in [-0.05, 0) is 36.3 Å². The Kier molecular flexibility index (Phi) is 3.23. The summed E-state index contributed by atoms with van der Waals surface area (Å²) in [4.78, 5) is 1.41. The minimum Gasteiger partial charge on any atom is -0.327 e. The van der Waals surface area contributed by atoms with E-state index in [1.54, 1.807) is 0 Å². The van der Waals surface area contributed by atoms with Crippen molar-refractivity contribution < 1.29 is 0 Å². The lowest BCUT2D eigenvalue weighted by molar-refractivity contribution is 0.195. The zero-order valence-electron chi connectivity index (χ0n) is 10.5. The molecule has 1 aliphatic rings. The number of hydrogen-bond donors (Lipinski definition) is 1. The third-order valence-corrected chi connectivity index (χ3v) is 5.20. The van der Waals surface area contributed by atoms with Gasteiger partial charge in [-0.3, -0.25) is 0 Å². The second-order valence-electron chi connectivity index (χ2n) is 5.27. The zero-order valence-corrected chi connectivity index (χ0v) is 11.3. The van der Waals surface area contributed by atoms with Gasteiger partial charge in [-0.15, -0.1) is 11.3 Å². The van der Waals surface area contributed by atoms with Crippen LogP contribution in [0.5, 0.6) is 0 Å². The molecule has 3 rings (SSSR count). The highest BCUT2D eigenvalue weighted by Gasteiger charge is 2.43. The highest BCUT2D eigenvalue weighted by Crippen LogP contribution is 2.46. The van der Waals surface area contributed by atoms with Gasteiger partial charge in [0, 0.05) is 16.3 Å². The summed E-state index contributed by atoms with van der Waals surface area (Å²) in [6.45, 7) is 0. The fourth-order valence-electron chi connectivity index (χ4n) is 3.04. The maximum absolute atomic E-state index is 6.54. The first kappa shape index (κ1) is 11.9. The molecule has 0 radical (unpaired) electrons. The Morgan fingerprint density at radius 1 is 1.11 bits per heavy atom. The van der Waals surface area contributed by atoms with Crippen LogP contribution in [-0.2, 0) is 11.8 Å². The average Bonchev–Trinajstić information content (AvgIpc) is 2.82. The van der Waals surface area contributed by atoms with Gasteiger partial charge in [0.1, 0.15) is 0 Å². The van der Waals surface area contributed by atoms with Crippen molar-refractivity contribution >= 4 is 11.3 Å². The van der Waals surface area contributed by atoms with Gasteiger partial charge in [0.05, 0.1) is 0 Å². The van der Waals surface area contributed by atoms with Crippen LogP contribution in [0.15, 0.2) is 47.8 Å². The van der Waals surface area contributed by atoms with Crippen LogP contribution in [0, 0.1) is 0 Å². The number of benzene rings is 1. The molecule has 0 amide bonds. The molecule has 0 saturated heterocycles. The molecule has 2 aromatic rings. The van der Waals surface area contributed by atoms with Crippen LogP contribution in [0.4, 0.5) is 0 Å². The van der Waals surface area contributed by atoms with E-state index in [9.17, 15) is 0 Å². The fourth-order valence-corrected chi connectivity index (χ4v) is 3.81. The molecule has 2 heteroatoms. The minimum atomic E-state index is 0.227. The Hall–Kier alpha value is -1.12. The normalized spacial score (nSPS) is 19.2. The molecule has 1 nitrogen and oxygen atoms in total. The van der Waals surface area contributed by atoms with Gasteiger partial charge < -0.3 is 5.73 Å². The lowest BCUT2D eigenvalue weighted by Gasteiger charge is -2.47. The van der Waals surface area contributed by atoms with Crippen molar-refractivity contribution in [2.24, 2.45) is 5.73 Å². The maximum atomic E-state index is 6.54. The quantitative estimate of drug-likeness (QED) is 0.887. The van der Waals surface area contributed by atoms with Crippen molar-refractivity contribution in [2.45, 2.75) is 37.1 Å². The van der Waals surface area contributed by atoms with Crippen molar-refractivity contribution in [1.82, 2.24) is 0 Å². The van der Waals surface area contributed by atoms with Crippen LogP contribution >= 0.6 is 11.3 Å². The Morgan fingerprint density at radius 2 is 1.89 bits per heavy atom. The Morgan fingerprint density at radius 3 is 2.44 bits per heavy atom. The molecule has 1 aromatic carbocycles. The van der Waals surface area contributed by atoms with Crippen molar-refractivity contribution in [1.29, 1.82) is 0 Å². The van der Waals surface area contributed by atoms with Gasteiger partial charge in [-0.1, -0.05) is 42.8 Å². The molecule has 0 spiro atoms. The second-order valence-corrected chi connectivity index (χ2v) is 6.30. The van der Waals surface area contributed by atoms with Crippen LogP contribution in [0.1, 0.15) is 29.7 Å². The van der Waals surface area contributed by atoms with E-state index in [2.05, 4.69) is 47.8 Å². The predicted molar refractivity (Wildman–Crippen MR) is 78.0 cm³/mol. The van der Waals surface area contributed by atoms with E-state index in [1.807, 2.05) is 11.3 Å². The predicted octanol–water partition coefficient (Wildman–Crippen LogP) is 3.74. The molecule has 18 heavy (non-hydrogen) atoms. The zero-order chi connectivity index (χ0) is 12.4. The monoisotopic (exact) mass is 257 g/mol. The van der Waals surface area contributed by atoms with Gasteiger partial charge in [0.25, 0.3) is 0 Å². The summed E-state index contributed by atoms with van der Waals surface area (Å²) in [5.74, 6) is 0. The number of nitrogens with two attached hydrogens (primary N) is 1. The molecule has 94 valence electrons. The highest BCUT2D eigenvalue weighted by molar-refractivity contribution is 7.09. The summed E-state index contributed by atoms with van der Waals surface area (Å²) >= 11 is 1.82. The number of thiophene rings is 1. The summed E-state index contributed by atoms with van der Waals surface area (Å²) in [5.41, 5.74) is 8.20. The molecular weight excluding hydrogens is 238 g/mol. The lowest BCUT2D eigenvalue weighted by atomic mass is 9.59. The van der Waals surface area contributed by atoms with Crippen molar-refractivity contribution in [3.05, 3.63) is 58.3 Å². The molecule has 1 fully saturated rings. The largest absolute Gasteiger partial charge is 0.327 e. The highest BCUT2D eigenvalue weighted by atomic mass is 32.1. The smallest absolute Gasteiger partial charge is 0.0185 e. The SMILES string of the molecule is NC(Cc1cccs1)C1(c2ccccc2)CCC1.